The van der Waals surface area contributed by atoms with Crippen molar-refractivity contribution in [2.24, 2.45) is 0 Å². The molecule has 5 heteroatoms. The van der Waals surface area contributed by atoms with Gasteiger partial charge in [-0.1, -0.05) is 103 Å². The van der Waals surface area contributed by atoms with E-state index in [-0.39, 0.29) is 0 Å². The van der Waals surface area contributed by atoms with Gasteiger partial charge in [0.1, 0.15) is 16.7 Å². The highest BCUT2D eigenvalue weighted by Crippen LogP contribution is 2.46. The summed E-state index contributed by atoms with van der Waals surface area (Å²) in [7, 11) is 0. The van der Waals surface area contributed by atoms with Crippen LogP contribution >= 0.6 is 0 Å². The summed E-state index contributed by atoms with van der Waals surface area (Å²) < 4.78 is 13.0. The number of hydrogen-bond donors (Lipinski definition) is 0. The maximum Gasteiger partial charge on any atom is 0.227 e. The van der Waals surface area contributed by atoms with Gasteiger partial charge in [0.05, 0.1) is 11.4 Å². The number of oxazole rings is 1. The number of anilines is 6. The van der Waals surface area contributed by atoms with Crippen molar-refractivity contribution in [2.75, 3.05) is 9.80 Å². The maximum atomic E-state index is 6.77. The maximum absolute atomic E-state index is 6.77. The van der Waals surface area contributed by atoms with Crippen LogP contribution in [0.4, 0.5) is 34.1 Å². The lowest BCUT2D eigenvalue weighted by Crippen LogP contribution is -2.13. The topological polar surface area (TPSA) is 45.7 Å². The molecule has 0 bridgehead atoms. The van der Waals surface area contributed by atoms with Gasteiger partial charge < -0.3 is 18.6 Å². The minimum atomic E-state index is 0.565. The van der Waals surface area contributed by atoms with Crippen molar-refractivity contribution < 1.29 is 8.83 Å². The van der Waals surface area contributed by atoms with Crippen molar-refractivity contribution in [3.05, 3.63) is 188 Å². The number of hydrogen-bond acceptors (Lipinski definition) is 5. The molecule has 0 unspecified atom stereocenters. The molecule has 246 valence electrons. The third kappa shape index (κ3) is 5.15. The minimum Gasteiger partial charge on any atom is -0.456 e. The number of furan rings is 1. The van der Waals surface area contributed by atoms with Crippen LogP contribution in [0.3, 0.4) is 0 Å². The number of aromatic nitrogens is 1. The quantitative estimate of drug-likeness (QED) is 0.169. The molecule has 8 aromatic carbocycles. The SMILES string of the molecule is c1ccc(-c2nc3cc(N(c4ccccc4)c4ccc5ccccc5c4)cc(N(c4ccccc4)c4ccc5oc6ccccc6c5c4)c3o2)cc1. The molecule has 0 saturated carbocycles. The van der Waals surface area contributed by atoms with Crippen LogP contribution in [0.1, 0.15) is 0 Å². The second kappa shape index (κ2) is 12.3. The first-order valence-electron chi connectivity index (χ1n) is 17.4. The Morgan fingerprint density at radius 3 is 1.79 bits per heavy atom. The predicted molar refractivity (Wildman–Crippen MR) is 214 cm³/mol. The molecule has 52 heavy (non-hydrogen) atoms. The summed E-state index contributed by atoms with van der Waals surface area (Å²) in [6.45, 7) is 0. The molecular weight excluding hydrogens is 639 g/mol. The van der Waals surface area contributed by atoms with Crippen LogP contribution in [0.25, 0.3) is 55.3 Å². The lowest BCUT2D eigenvalue weighted by molar-refractivity contribution is 0.620. The first-order valence-corrected chi connectivity index (χ1v) is 17.4. The zero-order chi connectivity index (χ0) is 34.4. The second-order valence-electron chi connectivity index (χ2n) is 12.9. The van der Waals surface area contributed by atoms with E-state index in [1.807, 2.05) is 54.6 Å². The molecule has 0 spiro atoms. The fourth-order valence-corrected chi connectivity index (χ4v) is 7.20. The van der Waals surface area contributed by atoms with E-state index in [9.17, 15) is 0 Å². The Morgan fingerprint density at radius 2 is 1.00 bits per heavy atom. The Balaban J connectivity index is 1.26. The van der Waals surface area contributed by atoms with Gasteiger partial charge >= 0.3 is 0 Å². The minimum absolute atomic E-state index is 0.565. The van der Waals surface area contributed by atoms with Crippen molar-refractivity contribution >= 4 is 77.9 Å². The molecule has 2 heterocycles. The van der Waals surface area contributed by atoms with Crippen LogP contribution in [-0.2, 0) is 0 Å². The zero-order valence-electron chi connectivity index (χ0n) is 28.1. The summed E-state index contributed by atoms with van der Waals surface area (Å²) in [6.07, 6.45) is 0. The van der Waals surface area contributed by atoms with Crippen molar-refractivity contribution in [1.29, 1.82) is 0 Å². The highest BCUT2D eigenvalue weighted by atomic mass is 16.3. The fourth-order valence-electron chi connectivity index (χ4n) is 7.20. The molecule has 0 aliphatic heterocycles. The molecule has 10 rings (SSSR count). The van der Waals surface area contributed by atoms with Crippen molar-refractivity contribution in [1.82, 2.24) is 4.98 Å². The van der Waals surface area contributed by atoms with E-state index >= 15 is 0 Å². The molecular formula is C47H31N3O2. The van der Waals surface area contributed by atoms with Gasteiger partial charge in [-0.15, -0.1) is 0 Å². The summed E-state index contributed by atoms with van der Waals surface area (Å²) in [5.74, 6) is 0.565. The number of benzene rings is 8. The van der Waals surface area contributed by atoms with Crippen LogP contribution < -0.4 is 9.80 Å². The van der Waals surface area contributed by atoms with Gasteiger partial charge in [-0.2, -0.15) is 0 Å². The second-order valence-corrected chi connectivity index (χ2v) is 12.9. The molecule has 0 atom stereocenters. The van der Waals surface area contributed by atoms with Crippen LogP contribution in [0, 0.1) is 0 Å². The van der Waals surface area contributed by atoms with Gasteiger partial charge in [-0.25, -0.2) is 4.98 Å². The first kappa shape index (κ1) is 29.8. The Morgan fingerprint density at radius 1 is 0.385 bits per heavy atom. The van der Waals surface area contributed by atoms with Crippen molar-refractivity contribution in [3.63, 3.8) is 0 Å². The van der Waals surface area contributed by atoms with E-state index in [2.05, 4.69) is 143 Å². The third-order valence-corrected chi connectivity index (χ3v) is 9.61. The molecule has 0 N–H and O–H groups in total. The van der Waals surface area contributed by atoms with Crippen LogP contribution in [0.2, 0.25) is 0 Å². The average molecular weight is 670 g/mol. The monoisotopic (exact) mass is 669 g/mol. The van der Waals surface area contributed by atoms with Gasteiger partial charge in [0.25, 0.3) is 0 Å². The highest BCUT2D eigenvalue weighted by molar-refractivity contribution is 6.07. The first-order chi connectivity index (χ1) is 25.8. The highest BCUT2D eigenvalue weighted by Gasteiger charge is 2.24. The molecule has 10 aromatic rings. The number of nitrogens with zero attached hydrogens (tertiary/aromatic N) is 3. The molecule has 0 radical (unpaired) electrons. The summed E-state index contributed by atoms with van der Waals surface area (Å²) in [4.78, 5) is 9.70. The Kier molecular flexibility index (Phi) is 7.07. The van der Waals surface area contributed by atoms with E-state index in [4.69, 9.17) is 13.8 Å². The lowest BCUT2D eigenvalue weighted by atomic mass is 10.1. The van der Waals surface area contributed by atoms with Gasteiger partial charge in [0.15, 0.2) is 5.58 Å². The summed E-state index contributed by atoms with van der Waals surface area (Å²) in [5, 5.41) is 4.48. The average Bonchev–Trinajstić information content (AvgIpc) is 3.81. The van der Waals surface area contributed by atoms with E-state index in [0.29, 0.717) is 11.5 Å². The third-order valence-electron chi connectivity index (χ3n) is 9.61. The number of rotatable bonds is 7. The van der Waals surface area contributed by atoms with Gasteiger partial charge in [0.2, 0.25) is 5.89 Å². The standard InChI is InChI=1S/C47H31N3O2/c1-4-15-33(16-5-1)47-48-42-30-39(49(35-18-6-2-7-19-35)37-25-24-32-14-10-11-17-34(32)28-37)31-43(46(42)52-47)50(36-20-8-3-9-21-36)38-26-27-45-41(29-38)40-22-12-13-23-44(40)51-45/h1-31H. The fraction of sp³-hybridized carbons (Fsp3) is 0. The molecule has 0 amide bonds. The molecule has 0 aliphatic carbocycles. The normalized spacial score (nSPS) is 11.5. The van der Waals surface area contributed by atoms with Crippen molar-refractivity contribution in [2.45, 2.75) is 0 Å². The van der Waals surface area contributed by atoms with Crippen LogP contribution in [-0.4, -0.2) is 4.98 Å². The van der Waals surface area contributed by atoms with E-state index < -0.39 is 0 Å². The smallest absolute Gasteiger partial charge is 0.227 e. The van der Waals surface area contributed by atoms with E-state index in [1.54, 1.807) is 0 Å². The molecule has 0 fully saturated rings. The van der Waals surface area contributed by atoms with Crippen LogP contribution in [0.5, 0.6) is 0 Å². The van der Waals surface area contributed by atoms with Crippen molar-refractivity contribution in [3.8, 4) is 11.5 Å². The predicted octanol–water partition coefficient (Wildman–Crippen LogP) is 13.5. The van der Waals surface area contributed by atoms with E-state index in [1.165, 1.54) is 10.8 Å². The van der Waals surface area contributed by atoms with E-state index in [0.717, 1.165) is 67.1 Å². The van der Waals surface area contributed by atoms with Gasteiger partial charge in [-0.3, -0.25) is 0 Å². The van der Waals surface area contributed by atoms with Gasteiger partial charge in [0, 0.05) is 39.1 Å². The molecule has 0 aliphatic rings. The Bertz CT molecular complexity index is 2860. The zero-order valence-corrected chi connectivity index (χ0v) is 28.1. The number of fused-ring (bicyclic) bond motifs is 5. The summed E-state index contributed by atoms with van der Waals surface area (Å²) in [6, 6.07) is 65.0. The summed E-state index contributed by atoms with van der Waals surface area (Å²) >= 11 is 0. The largest absolute Gasteiger partial charge is 0.456 e. The molecule has 0 saturated heterocycles. The lowest BCUT2D eigenvalue weighted by Gasteiger charge is -2.29. The summed E-state index contributed by atoms with van der Waals surface area (Å²) in [5.41, 5.74) is 9.91. The molecule has 5 nitrogen and oxygen atoms in total. The van der Waals surface area contributed by atoms with Crippen LogP contribution in [0.15, 0.2) is 197 Å². The Hall–Kier alpha value is -7.11. The number of para-hydroxylation sites is 3. The molecule has 2 aromatic heterocycles. The van der Waals surface area contributed by atoms with Gasteiger partial charge in [-0.05, 0) is 95.7 Å². The Labute approximate surface area is 300 Å².